The summed E-state index contributed by atoms with van der Waals surface area (Å²) in [5, 5.41) is 0. The van der Waals surface area contributed by atoms with Gasteiger partial charge in [0.1, 0.15) is 11.5 Å². The highest BCUT2D eigenvalue weighted by Crippen LogP contribution is 2.55. The maximum absolute atomic E-state index is 6.96. The van der Waals surface area contributed by atoms with E-state index in [2.05, 4.69) is 118 Å². The van der Waals surface area contributed by atoms with Gasteiger partial charge in [-0.05, 0) is 92.0 Å². The van der Waals surface area contributed by atoms with Crippen molar-refractivity contribution in [3.8, 4) is 45.4 Å². The Morgan fingerprint density at radius 3 is 1.63 bits per heavy atom. The Labute approximate surface area is 263 Å². The molecule has 3 aromatic heterocycles. The lowest BCUT2D eigenvalue weighted by Gasteiger charge is -2.38. The second-order valence-corrected chi connectivity index (χ2v) is 14.9. The summed E-state index contributed by atoms with van der Waals surface area (Å²) in [5.41, 5.74) is 9.78. The Morgan fingerprint density at radius 1 is 0.628 bits per heavy atom. The lowest BCUT2D eigenvalue weighted by Crippen LogP contribution is -2.27. The summed E-state index contributed by atoms with van der Waals surface area (Å²) < 4.78 is 7.93. The van der Waals surface area contributed by atoms with Gasteiger partial charge in [-0.1, -0.05) is 79.7 Å². The molecule has 43 heavy (non-hydrogen) atoms. The van der Waals surface area contributed by atoms with E-state index in [-0.39, 0.29) is 16.2 Å². The lowest BCUT2D eigenvalue weighted by molar-refractivity contribution is 0.414. The van der Waals surface area contributed by atoms with Crippen molar-refractivity contribution in [1.82, 2.24) is 15.0 Å². The van der Waals surface area contributed by atoms with Gasteiger partial charge in [0.25, 0.3) is 0 Å². The summed E-state index contributed by atoms with van der Waals surface area (Å²) in [6, 6.07) is 25.2. The molecule has 0 fully saturated rings. The predicted octanol–water partition coefficient (Wildman–Crippen LogP) is 10.7. The summed E-state index contributed by atoms with van der Waals surface area (Å²) in [4.78, 5) is 14.3. The van der Waals surface area contributed by atoms with E-state index in [9.17, 15) is 0 Å². The van der Waals surface area contributed by atoms with E-state index in [1.807, 2.05) is 36.4 Å². The molecule has 0 atom stereocenters. The van der Waals surface area contributed by atoms with Gasteiger partial charge in [-0.25, -0.2) is 4.98 Å². The van der Waals surface area contributed by atoms with Crippen LogP contribution in [0.25, 0.3) is 33.9 Å². The average molecular weight is 633 g/mol. The van der Waals surface area contributed by atoms with Crippen molar-refractivity contribution in [2.45, 2.75) is 71.6 Å². The Bertz CT molecular complexity index is 1770. The third kappa shape index (κ3) is 5.40. The van der Waals surface area contributed by atoms with Gasteiger partial charge in [0.15, 0.2) is 0 Å². The molecule has 5 aromatic rings. The minimum atomic E-state index is -0.302. The molecule has 0 bridgehead atoms. The smallest absolute Gasteiger partial charge is 0.145 e. The molecule has 0 saturated carbocycles. The van der Waals surface area contributed by atoms with Crippen molar-refractivity contribution in [3.05, 3.63) is 112 Å². The highest BCUT2D eigenvalue weighted by molar-refractivity contribution is 9.10. The molecular weight excluding hydrogens is 594 g/mol. The van der Waals surface area contributed by atoms with E-state index >= 15 is 0 Å². The van der Waals surface area contributed by atoms with Crippen LogP contribution in [0, 0.1) is 0 Å². The number of hydrogen-bond acceptors (Lipinski definition) is 4. The number of nitrogens with zero attached hydrogens (tertiary/aromatic N) is 3. The Morgan fingerprint density at radius 2 is 1.14 bits per heavy atom. The summed E-state index contributed by atoms with van der Waals surface area (Å²) in [5.74, 6) is 1.75. The second-order valence-electron chi connectivity index (χ2n) is 14.0. The molecule has 4 heterocycles. The summed E-state index contributed by atoms with van der Waals surface area (Å²) in [6.45, 7) is 18.2. The lowest BCUT2D eigenvalue weighted by atomic mass is 9.71. The standard InChI is InChI=1S/C38H38BrN3O/c1-36(2,3)24-19-26(23-17-32(30-13-9-11-15-40-30)42-33(18-23)31-14-10-12-16-41-31)34-27(20-24)38(7,8)28-21-25(37(4,5)6)22-29(39)35(28)43-34/h9-22H,1-8H3. The number of rotatable bonds is 3. The molecule has 6 rings (SSSR count). The first kappa shape index (κ1) is 29.3. The fourth-order valence-corrected chi connectivity index (χ4v) is 6.21. The molecule has 4 nitrogen and oxygen atoms in total. The van der Waals surface area contributed by atoms with Crippen molar-refractivity contribution in [1.29, 1.82) is 0 Å². The molecule has 0 amide bonds. The summed E-state index contributed by atoms with van der Waals surface area (Å²) in [6.07, 6.45) is 3.61. The zero-order chi connectivity index (χ0) is 30.7. The van der Waals surface area contributed by atoms with Crippen LogP contribution in [0.3, 0.4) is 0 Å². The number of hydrogen-bond donors (Lipinski definition) is 0. The van der Waals surface area contributed by atoms with Crippen LogP contribution in [-0.2, 0) is 16.2 Å². The quantitative estimate of drug-likeness (QED) is 0.199. The number of aromatic nitrogens is 3. The van der Waals surface area contributed by atoms with Crippen molar-refractivity contribution in [2.24, 2.45) is 0 Å². The van der Waals surface area contributed by atoms with E-state index in [4.69, 9.17) is 9.72 Å². The van der Waals surface area contributed by atoms with Crippen LogP contribution < -0.4 is 4.74 Å². The molecule has 0 saturated heterocycles. The summed E-state index contributed by atoms with van der Waals surface area (Å²) in [7, 11) is 0. The van der Waals surface area contributed by atoms with Gasteiger partial charge < -0.3 is 4.74 Å². The third-order valence-corrected chi connectivity index (χ3v) is 9.00. The van der Waals surface area contributed by atoms with Gasteiger partial charge in [-0.3, -0.25) is 9.97 Å². The first-order valence-electron chi connectivity index (χ1n) is 14.8. The molecular formula is C38H38BrN3O. The Hall–Kier alpha value is -3.83. The van der Waals surface area contributed by atoms with E-state index in [0.29, 0.717) is 0 Å². The molecule has 0 N–H and O–H groups in total. The highest BCUT2D eigenvalue weighted by atomic mass is 79.9. The third-order valence-electron chi connectivity index (χ3n) is 8.41. The maximum atomic E-state index is 6.96. The van der Waals surface area contributed by atoms with Crippen LogP contribution in [0.4, 0.5) is 0 Å². The minimum absolute atomic E-state index is 0.00706. The molecule has 0 aliphatic carbocycles. The van der Waals surface area contributed by atoms with Crippen molar-refractivity contribution < 1.29 is 4.74 Å². The molecule has 1 aliphatic rings. The van der Waals surface area contributed by atoms with E-state index in [1.54, 1.807) is 12.4 Å². The zero-order valence-electron chi connectivity index (χ0n) is 26.2. The summed E-state index contributed by atoms with van der Waals surface area (Å²) >= 11 is 3.89. The SMILES string of the molecule is CC(C)(C)c1cc(Br)c2c(c1)C(C)(C)c1cc(C(C)(C)C)cc(-c3cc(-c4ccccn4)nc(-c4ccccn4)c3)c1O2. The monoisotopic (exact) mass is 631 g/mol. The van der Waals surface area contributed by atoms with E-state index < -0.39 is 0 Å². The largest absolute Gasteiger partial charge is 0.455 e. The van der Waals surface area contributed by atoms with Crippen LogP contribution in [0.2, 0.25) is 0 Å². The van der Waals surface area contributed by atoms with Crippen LogP contribution in [0.1, 0.15) is 77.6 Å². The molecule has 2 aromatic carbocycles. The first-order valence-corrected chi connectivity index (χ1v) is 15.6. The fraction of sp³-hybridized carbons (Fsp3) is 0.289. The normalized spacial score (nSPS) is 14.1. The Balaban J connectivity index is 1.65. The molecule has 0 radical (unpaired) electrons. The first-order chi connectivity index (χ1) is 20.2. The topological polar surface area (TPSA) is 47.9 Å². The van der Waals surface area contributed by atoms with Crippen molar-refractivity contribution in [3.63, 3.8) is 0 Å². The van der Waals surface area contributed by atoms with E-state index in [0.717, 1.165) is 49.9 Å². The number of ether oxygens (including phenoxy) is 1. The van der Waals surface area contributed by atoms with Gasteiger partial charge in [-0.2, -0.15) is 0 Å². The van der Waals surface area contributed by atoms with Gasteiger partial charge in [0.2, 0.25) is 0 Å². The molecule has 0 spiro atoms. The molecule has 218 valence electrons. The Kier molecular flexibility index (Phi) is 7.08. The second kappa shape index (κ2) is 10.4. The zero-order valence-corrected chi connectivity index (χ0v) is 27.8. The maximum Gasteiger partial charge on any atom is 0.145 e. The van der Waals surface area contributed by atoms with Gasteiger partial charge >= 0.3 is 0 Å². The predicted molar refractivity (Wildman–Crippen MR) is 180 cm³/mol. The molecule has 5 heteroatoms. The van der Waals surface area contributed by atoms with Gasteiger partial charge in [0, 0.05) is 34.5 Å². The van der Waals surface area contributed by atoms with Crippen LogP contribution in [-0.4, -0.2) is 15.0 Å². The molecule has 1 aliphatic heterocycles. The average Bonchev–Trinajstić information content (AvgIpc) is 2.97. The van der Waals surface area contributed by atoms with E-state index in [1.165, 1.54) is 22.3 Å². The van der Waals surface area contributed by atoms with Crippen molar-refractivity contribution >= 4 is 15.9 Å². The molecule has 0 unspecified atom stereocenters. The minimum Gasteiger partial charge on any atom is -0.455 e. The number of pyridine rings is 3. The van der Waals surface area contributed by atoms with Crippen molar-refractivity contribution in [2.75, 3.05) is 0 Å². The number of benzene rings is 2. The number of halogens is 1. The van der Waals surface area contributed by atoms with Crippen LogP contribution >= 0.6 is 15.9 Å². The van der Waals surface area contributed by atoms with Gasteiger partial charge in [-0.15, -0.1) is 0 Å². The highest BCUT2D eigenvalue weighted by Gasteiger charge is 2.39. The number of fused-ring (bicyclic) bond motifs is 2. The van der Waals surface area contributed by atoms with Crippen LogP contribution in [0.5, 0.6) is 11.5 Å². The van der Waals surface area contributed by atoms with Crippen LogP contribution in [0.15, 0.2) is 89.7 Å². The van der Waals surface area contributed by atoms with Gasteiger partial charge in [0.05, 0.1) is 27.2 Å². The fourth-order valence-electron chi connectivity index (χ4n) is 5.67.